The highest BCUT2D eigenvalue weighted by Gasteiger charge is 2.25. The minimum absolute atomic E-state index is 0.0493. The van der Waals surface area contributed by atoms with Gasteiger partial charge in [0, 0.05) is 6.08 Å². The minimum atomic E-state index is -0.0841. The van der Waals surface area contributed by atoms with Crippen molar-refractivity contribution >= 4 is 5.91 Å². The number of hydroxylamine groups is 2. The summed E-state index contributed by atoms with van der Waals surface area (Å²) in [4.78, 5) is 17.7. The Morgan fingerprint density at radius 1 is 1.39 bits per heavy atom. The second-order valence-electron chi connectivity index (χ2n) is 4.84. The lowest BCUT2D eigenvalue weighted by molar-refractivity contribution is -0.192. The van der Waals surface area contributed by atoms with Crippen LogP contribution >= 0.6 is 0 Å². The monoisotopic (exact) mass is 245 g/mol. The molecule has 0 aliphatic carbocycles. The molecule has 0 bridgehead atoms. The normalized spacial score (nSPS) is 18.8. The molecule has 0 radical (unpaired) electrons. The summed E-state index contributed by atoms with van der Waals surface area (Å²) in [5.74, 6) is -0.0841. The van der Waals surface area contributed by atoms with E-state index in [2.05, 4.69) is 12.1 Å². The highest BCUT2D eigenvalue weighted by molar-refractivity contribution is 5.87. The van der Waals surface area contributed by atoms with E-state index in [0.717, 1.165) is 12.0 Å². The Kier molecular flexibility index (Phi) is 3.82. The van der Waals surface area contributed by atoms with Crippen molar-refractivity contribution in [1.29, 1.82) is 0 Å². The predicted octanol–water partition coefficient (Wildman–Crippen LogP) is 3.03. The standard InChI is InChI=1S/C15H19NO2/c1-11(2)10-15(17)16-12(3)14-7-5-4-6-13(14)8-9-18-16/h4-7,10,12H,8-9H2,1-3H3. The topological polar surface area (TPSA) is 29.5 Å². The van der Waals surface area contributed by atoms with Crippen LogP contribution in [-0.4, -0.2) is 17.6 Å². The molecule has 1 amide bonds. The lowest BCUT2D eigenvalue weighted by Crippen LogP contribution is -2.31. The molecule has 18 heavy (non-hydrogen) atoms. The van der Waals surface area contributed by atoms with Gasteiger partial charge in [-0.1, -0.05) is 29.8 Å². The molecule has 3 heteroatoms. The molecule has 0 saturated heterocycles. The van der Waals surface area contributed by atoms with Crippen LogP contribution in [0.15, 0.2) is 35.9 Å². The third-order valence-corrected chi connectivity index (χ3v) is 3.09. The van der Waals surface area contributed by atoms with Gasteiger partial charge in [-0.05, 0) is 38.3 Å². The van der Waals surface area contributed by atoms with Crippen LogP contribution in [0.25, 0.3) is 0 Å². The van der Waals surface area contributed by atoms with Crippen LogP contribution in [0.4, 0.5) is 0 Å². The van der Waals surface area contributed by atoms with Crippen LogP contribution < -0.4 is 0 Å². The quantitative estimate of drug-likeness (QED) is 0.712. The number of hydrogen-bond donors (Lipinski definition) is 0. The van der Waals surface area contributed by atoms with Gasteiger partial charge in [-0.2, -0.15) is 0 Å². The van der Waals surface area contributed by atoms with Crippen molar-refractivity contribution in [2.75, 3.05) is 6.61 Å². The van der Waals surface area contributed by atoms with E-state index in [1.807, 2.05) is 32.9 Å². The average Bonchev–Trinajstić information content (AvgIpc) is 2.49. The summed E-state index contributed by atoms with van der Waals surface area (Å²) in [7, 11) is 0. The molecule has 0 saturated carbocycles. The molecule has 1 aliphatic heterocycles. The van der Waals surface area contributed by atoms with Crippen LogP contribution in [0.3, 0.4) is 0 Å². The van der Waals surface area contributed by atoms with Crippen molar-refractivity contribution in [3.05, 3.63) is 47.0 Å². The van der Waals surface area contributed by atoms with Crippen LogP contribution in [0, 0.1) is 0 Å². The van der Waals surface area contributed by atoms with Crippen molar-refractivity contribution < 1.29 is 9.63 Å². The molecule has 0 N–H and O–H groups in total. The molecule has 1 heterocycles. The first-order valence-corrected chi connectivity index (χ1v) is 6.28. The van der Waals surface area contributed by atoms with E-state index in [0.29, 0.717) is 6.61 Å². The number of carbonyl (C=O) groups excluding carboxylic acids is 1. The summed E-state index contributed by atoms with van der Waals surface area (Å²) in [6.07, 6.45) is 2.46. The number of rotatable bonds is 1. The average molecular weight is 245 g/mol. The van der Waals surface area contributed by atoms with E-state index in [1.165, 1.54) is 16.2 Å². The highest BCUT2D eigenvalue weighted by Crippen LogP contribution is 2.27. The molecular formula is C15H19NO2. The fourth-order valence-corrected chi connectivity index (χ4v) is 2.23. The van der Waals surface area contributed by atoms with Gasteiger partial charge in [0.25, 0.3) is 5.91 Å². The van der Waals surface area contributed by atoms with Gasteiger partial charge in [0.2, 0.25) is 0 Å². The van der Waals surface area contributed by atoms with Gasteiger partial charge in [-0.25, -0.2) is 5.06 Å². The Labute approximate surface area is 108 Å². The van der Waals surface area contributed by atoms with E-state index in [4.69, 9.17) is 4.84 Å². The van der Waals surface area contributed by atoms with Gasteiger partial charge in [-0.3, -0.25) is 9.63 Å². The maximum Gasteiger partial charge on any atom is 0.270 e. The Morgan fingerprint density at radius 2 is 2.11 bits per heavy atom. The third-order valence-electron chi connectivity index (χ3n) is 3.09. The molecule has 1 aliphatic rings. The van der Waals surface area contributed by atoms with Crippen LogP contribution in [-0.2, 0) is 16.1 Å². The fraction of sp³-hybridized carbons (Fsp3) is 0.400. The fourth-order valence-electron chi connectivity index (χ4n) is 2.23. The van der Waals surface area contributed by atoms with E-state index < -0.39 is 0 Å². The van der Waals surface area contributed by atoms with E-state index in [-0.39, 0.29) is 11.9 Å². The summed E-state index contributed by atoms with van der Waals surface area (Å²) in [5.41, 5.74) is 3.41. The van der Waals surface area contributed by atoms with E-state index >= 15 is 0 Å². The second kappa shape index (κ2) is 5.36. The van der Waals surface area contributed by atoms with Gasteiger partial charge in [0.15, 0.2) is 0 Å². The molecule has 1 atom stereocenters. The van der Waals surface area contributed by atoms with Crippen molar-refractivity contribution in [1.82, 2.24) is 5.06 Å². The maximum atomic E-state index is 12.1. The Bertz CT molecular complexity index is 475. The molecule has 3 nitrogen and oxygen atoms in total. The number of carbonyl (C=O) groups is 1. The van der Waals surface area contributed by atoms with Gasteiger partial charge in [0.1, 0.15) is 0 Å². The first-order chi connectivity index (χ1) is 8.59. The molecule has 1 aromatic rings. The lowest BCUT2D eigenvalue weighted by Gasteiger charge is -2.25. The third kappa shape index (κ3) is 2.62. The summed E-state index contributed by atoms with van der Waals surface area (Å²) in [5, 5.41) is 1.48. The number of amides is 1. The Hall–Kier alpha value is -1.61. The number of nitrogens with zero attached hydrogens (tertiary/aromatic N) is 1. The predicted molar refractivity (Wildman–Crippen MR) is 70.8 cm³/mol. The largest absolute Gasteiger partial charge is 0.270 e. The van der Waals surface area contributed by atoms with Crippen LogP contribution in [0.1, 0.15) is 37.9 Å². The van der Waals surface area contributed by atoms with Crippen molar-refractivity contribution in [2.24, 2.45) is 0 Å². The van der Waals surface area contributed by atoms with Crippen LogP contribution in [0.5, 0.6) is 0 Å². The van der Waals surface area contributed by atoms with Gasteiger partial charge < -0.3 is 0 Å². The number of fused-ring (bicyclic) bond motifs is 1. The smallest absolute Gasteiger partial charge is 0.270 e. The maximum absolute atomic E-state index is 12.1. The molecular weight excluding hydrogens is 226 g/mol. The zero-order valence-corrected chi connectivity index (χ0v) is 11.1. The lowest BCUT2D eigenvalue weighted by atomic mass is 9.99. The summed E-state index contributed by atoms with van der Waals surface area (Å²) >= 11 is 0. The van der Waals surface area contributed by atoms with Gasteiger partial charge >= 0.3 is 0 Å². The molecule has 0 aromatic heterocycles. The van der Waals surface area contributed by atoms with Crippen molar-refractivity contribution in [3.8, 4) is 0 Å². The molecule has 96 valence electrons. The van der Waals surface area contributed by atoms with Gasteiger partial charge in [-0.15, -0.1) is 0 Å². The molecule has 0 fully saturated rings. The Morgan fingerprint density at radius 3 is 2.83 bits per heavy atom. The Balaban J connectivity index is 2.30. The molecule has 1 unspecified atom stereocenters. The van der Waals surface area contributed by atoms with Crippen molar-refractivity contribution in [2.45, 2.75) is 33.2 Å². The SMILES string of the molecule is CC(C)=CC(=O)N1OCCc2ccccc2C1C. The van der Waals surface area contributed by atoms with E-state index in [9.17, 15) is 4.79 Å². The molecule has 1 aromatic carbocycles. The first-order valence-electron chi connectivity index (χ1n) is 6.28. The van der Waals surface area contributed by atoms with E-state index in [1.54, 1.807) is 6.08 Å². The minimum Gasteiger partial charge on any atom is -0.270 e. The number of hydrogen-bond acceptors (Lipinski definition) is 2. The number of benzene rings is 1. The van der Waals surface area contributed by atoms with Gasteiger partial charge in [0.05, 0.1) is 12.6 Å². The summed E-state index contributed by atoms with van der Waals surface area (Å²) < 4.78 is 0. The summed E-state index contributed by atoms with van der Waals surface area (Å²) in [6.45, 7) is 6.37. The molecule has 2 rings (SSSR count). The van der Waals surface area contributed by atoms with Crippen molar-refractivity contribution in [3.63, 3.8) is 0 Å². The second-order valence-corrected chi connectivity index (χ2v) is 4.84. The zero-order valence-electron chi connectivity index (χ0n) is 11.1. The number of allylic oxidation sites excluding steroid dienone is 1. The molecule has 0 spiro atoms. The summed E-state index contributed by atoms with van der Waals surface area (Å²) in [6, 6.07) is 8.15. The van der Waals surface area contributed by atoms with Crippen LogP contribution in [0.2, 0.25) is 0 Å². The highest BCUT2D eigenvalue weighted by atomic mass is 16.7. The zero-order chi connectivity index (χ0) is 13.1. The first kappa shape index (κ1) is 12.8.